The van der Waals surface area contributed by atoms with Crippen LogP contribution in [0.2, 0.25) is 0 Å². The molecule has 0 radical (unpaired) electrons. The number of ether oxygens (including phenoxy) is 2. The molecule has 0 aliphatic carbocycles. The summed E-state index contributed by atoms with van der Waals surface area (Å²) in [6.07, 6.45) is 0.774. The molecule has 0 bridgehead atoms. The van der Waals surface area contributed by atoms with Crippen LogP contribution in [0, 0.1) is 17.5 Å². The maximum absolute atomic E-state index is 14.6. The van der Waals surface area contributed by atoms with E-state index in [1.807, 2.05) is 0 Å². The van der Waals surface area contributed by atoms with Crippen molar-refractivity contribution >= 4 is 11.6 Å². The Kier molecular flexibility index (Phi) is 6.47. The minimum atomic E-state index is -3.02. The number of aromatic nitrogens is 2. The lowest BCUT2D eigenvalue weighted by atomic mass is 9.97. The fraction of sp³-hybridized carbons (Fsp3) is 0.261. The van der Waals surface area contributed by atoms with Gasteiger partial charge in [-0.1, -0.05) is 0 Å². The third-order valence-corrected chi connectivity index (χ3v) is 5.27. The number of nitrogens with zero attached hydrogens (tertiary/aromatic N) is 2. The van der Waals surface area contributed by atoms with Crippen LogP contribution in [0.5, 0.6) is 5.88 Å². The predicted molar refractivity (Wildman–Crippen MR) is 111 cm³/mol. The summed E-state index contributed by atoms with van der Waals surface area (Å²) in [5.74, 6) is -6.60. The first-order valence-corrected chi connectivity index (χ1v) is 10.1. The fourth-order valence-electron chi connectivity index (χ4n) is 3.60. The highest BCUT2D eigenvalue weighted by atomic mass is 19.3. The third kappa shape index (κ3) is 4.84. The number of pyridine rings is 2. The van der Waals surface area contributed by atoms with Crippen molar-refractivity contribution in [3.8, 4) is 17.0 Å². The third-order valence-electron chi connectivity index (χ3n) is 5.27. The van der Waals surface area contributed by atoms with Crippen molar-refractivity contribution in [2.45, 2.75) is 24.9 Å². The Morgan fingerprint density at radius 2 is 1.91 bits per heavy atom. The zero-order valence-electron chi connectivity index (χ0n) is 17.7. The summed E-state index contributed by atoms with van der Waals surface area (Å²) in [4.78, 5) is 20.8. The van der Waals surface area contributed by atoms with E-state index in [2.05, 4.69) is 15.3 Å². The van der Waals surface area contributed by atoms with Crippen LogP contribution in [0.4, 0.5) is 27.6 Å². The Bertz CT molecular complexity index is 1230. The molecule has 1 atom stereocenters. The van der Waals surface area contributed by atoms with Gasteiger partial charge < -0.3 is 14.8 Å². The summed E-state index contributed by atoms with van der Waals surface area (Å²) < 4.78 is 79.8. The first kappa shape index (κ1) is 23.6. The Balaban J connectivity index is 1.78. The van der Waals surface area contributed by atoms with Crippen LogP contribution in [-0.4, -0.2) is 35.5 Å². The summed E-state index contributed by atoms with van der Waals surface area (Å²) >= 11 is 0. The van der Waals surface area contributed by atoms with E-state index >= 15 is 0 Å². The van der Waals surface area contributed by atoms with E-state index in [0.29, 0.717) is 0 Å². The van der Waals surface area contributed by atoms with Gasteiger partial charge >= 0.3 is 0 Å². The van der Waals surface area contributed by atoms with E-state index < -0.39 is 48.4 Å². The number of carbonyl (C=O) groups excluding carboxylic acids is 1. The van der Waals surface area contributed by atoms with Gasteiger partial charge in [0.1, 0.15) is 24.3 Å². The van der Waals surface area contributed by atoms with Crippen molar-refractivity contribution in [2.75, 3.05) is 19.0 Å². The molecule has 4 rings (SSSR count). The number of halogens is 5. The second kappa shape index (κ2) is 9.34. The molecule has 1 N–H and O–H groups in total. The molecule has 178 valence electrons. The smallest absolute Gasteiger partial charge is 0.271 e. The largest absolute Gasteiger partial charge is 0.479 e. The molecular weight excluding hydrogens is 461 g/mol. The number of methoxy groups -OCH3 is 1. The molecule has 1 aliphatic rings. The van der Waals surface area contributed by atoms with Crippen LogP contribution in [0.3, 0.4) is 0 Å². The van der Waals surface area contributed by atoms with Crippen LogP contribution in [0.15, 0.2) is 42.7 Å². The molecule has 1 fully saturated rings. The molecule has 34 heavy (non-hydrogen) atoms. The number of nitrogens with one attached hydrogen (secondary N) is 1. The highest BCUT2D eigenvalue weighted by Crippen LogP contribution is 2.41. The highest BCUT2D eigenvalue weighted by molar-refractivity contribution is 6.06. The molecule has 1 saturated heterocycles. The van der Waals surface area contributed by atoms with Crippen LogP contribution in [-0.2, 0) is 4.74 Å². The minimum Gasteiger partial charge on any atom is -0.479 e. The molecule has 3 aromatic rings. The zero-order chi connectivity index (χ0) is 24.5. The summed E-state index contributed by atoms with van der Waals surface area (Å²) in [5, 5.41) is 2.52. The van der Waals surface area contributed by atoms with Crippen LogP contribution >= 0.6 is 0 Å². The summed E-state index contributed by atoms with van der Waals surface area (Å²) in [6, 6.07) is 4.99. The SMILES string of the molecule is COc1ncc(C(=O)Nc2c(-c3cc(F)ccc3F)ccnc2C2CCC(F)(F)CO2)cc1F. The number of rotatable bonds is 5. The lowest BCUT2D eigenvalue weighted by molar-refractivity contribution is -0.146. The fourth-order valence-corrected chi connectivity index (χ4v) is 3.60. The molecule has 1 amide bonds. The Hall–Kier alpha value is -3.60. The molecule has 1 unspecified atom stereocenters. The first-order valence-electron chi connectivity index (χ1n) is 10.1. The molecule has 1 aliphatic heterocycles. The molecule has 11 heteroatoms. The van der Waals surface area contributed by atoms with E-state index in [9.17, 15) is 26.7 Å². The van der Waals surface area contributed by atoms with Crippen molar-refractivity contribution in [2.24, 2.45) is 0 Å². The number of benzene rings is 1. The number of anilines is 1. The Morgan fingerprint density at radius 3 is 2.59 bits per heavy atom. The zero-order valence-corrected chi connectivity index (χ0v) is 17.7. The van der Waals surface area contributed by atoms with Crippen molar-refractivity contribution in [1.29, 1.82) is 0 Å². The van der Waals surface area contributed by atoms with Gasteiger partial charge in [-0.25, -0.2) is 26.9 Å². The van der Waals surface area contributed by atoms with Gasteiger partial charge in [0.2, 0.25) is 5.88 Å². The summed E-state index contributed by atoms with van der Waals surface area (Å²) in [7, 11) is 1.21. The number of carbonyl (C=O) groups is 1. The average Bonchev–Trinajstić information content (AvgIpc) is 2.81. The van der Waals surface area contributed by atoms with Gasteiger partial charge in [-0.05, 0) is 36.8 Å². The number of hydrogen-bond acceptors (Lipinski definition) is 5. The van der Waals surface area contributed by atoms with E-state index in [-0.39, 0.29) is 40.4 Å². The number of alkyl halides is 2. The lowest BCUT2D eigenvalue weighted by Crippen LogP contribution is -2.31. The van der Waals surface area contributed by atoms with Gasteiger partial charge in [0.15, 0.2) is 5.82 Å². The Morgan fingerprint density at radius 1 is 1.12 bits per heavy atom. The van der Waals surface area contributed by atoms with Crippen LogP contribution in [0.25, 0.3) is 11.1 Å². The van der Waals surface area contributed by atoms with Gasteiger partial charge in [-0.2, -0.15) is 0 Å². The molecule has 0 spiro atoms. The normalized spacial score (nSPS) is 17.3. The van der Waals surface area contributed by atoms with E-state index in [4.69, 9.17) is 9.47 Å². The number of hydrogen-bond donors (Lipinski definition) is 1. The molecule has 3 heterocycles. The van der Waals surface area contributed by atoms with Crippen LogP contribution < -0.4 is 10.1 Å². The molecule has 0 saturated carbocycles. The Labute approximate surface area is 190 Å². The minimum absolute atomic E-state index is 0.0400. The monoisotopic (exact) mass is 479 g/mol. The summed E-state index contributed by atoms with van der Waals surface area (Å²) in [5.41, 5.74) is -0.386. The van der Waals surface area contributed by atoms with E-state index in [1.165, 1.54) is 19.4 Å². The first-order chi connectivity index (χ1) is 16.2. The molecule has 2 aromatic heterocycles. The van der Waals surface area contributed by atoms with Gasteiger partial charge in [-0.3, -0.25) is 9.78 Å². The molecular formula is C23H18F5N3O3. The second-order valence-corrected chi connectivity index (χ2v) is 7.61. The van der Waals surface area contributed by atoms with Crippen LogP contribution in [0.1, 0.15) is 35.0 Å². The maximum Gasteiger partial charge on any atom is 0.271 e. The highest BCUT2D eigenvalue weighted by Gasteiger charge is 2.38. The van der Waals surface area contributed by atoms with Crippen molar-refractivity contribution < 1.29 is 36.2 Å². The van der Waals surface area contributed by atoms with Gasteiger partial charge in [0.25, 0.3) is 11.8 Å². The van der Waals surface area contributed by atoms with Crippen molar-refractivity contribution in [3.05, 3.63) is 71.4 Å². The molecule has 6 nitrogen and oxygen atoms in total. The van der Waals surface area contributed by atoms with Gasteiger partial charge in [-0.15, -0.1) is 0 Å². The quantitative estimate of drug-likeness (QED) is 0.503. The second-order valence-electron chi connectivity index (χ2n) is 7.61. The van der Waals surface area contributed by atoms with Crippen molar-refractivity contribution in [1.82, 2.24) is 9.97 Å². The maximum atomic E-state index is 14.6. The molecule has 1 aromatic carbocycles. The number of amides is 1. The topological polar surface area (TPSA) is 73.3 Å². The van der Waals surface area contributed by atoms with Gasteiger partial charge in [0.05, 0.1) is 24.1 Å². The van der Waals surface area contributed by atoms with Crippen molar-refractivity contribution in [3.63, 3.8) is 0 Å². The van der Waals surface area contributed by atoms with Gasteiger partial charge in [0, 0.05) is 29.9 Å². The predicted octanol–water partition coefficient (Wildman–Crippen LogP) is 5.31. The van der Waals surface area contributed by atoms with E-state index in [0.717, 1.165) is 30.5 Å². The standard InChI is InChI=1S/C23H18F5N3O3/c1-33-22-17(26)8-12(10-30-22)21(32)31-19-14(15-9-13(24)2-3-16(15)25)5-7-29-20(19)18-4-6-23(27,28)11-34-18/h2-3,5,7-10,18H,4,6,11H2,1H3,(H,31,32). The average molecular weight is 479 g/mol. The summed E-state index contributed by atoms with van der Waals surface area (Å²) in [6.45, 7) is -0.862. The lowest BCUT2D eigenvalue weighted by Gasteiger charge is -2.30. The van der Waals surface area contributed by atoms with E-state index in [1.54, 1.807) is 0 Å².